The van der Waals surface area contributed by atoms with Crippen molar-refractivity contribution in [3.05, 3.63) is 59.7 Å². The van der Waals surface area contributed by atoms with Crippen LogP contribution in [-0.4, -0.2) is 32.0 Å². The Bertz CT molecular complexity index is 934. The van der Waals surface area contributed by atoms with E-state index in [0.29, 0.717) is 22.6 Å². The molecule has 3 N–H and O–H groups in total. The standard InChI is InChI=1S/C17H16N6O2/c1-11-6-2-3-7-12(11)17(25)19-14-9-5-4-8-13(14)16-20-22-23(21-16)10-15(18)24/h2-9H,10H2,1H3,(H2,18,24)(H,19,25). The van der Waals surface area contributed by atoms with Crippen molar-refractivity contribution in [3.63, 3.8) is 0 Å². The van der Waals surface area contributed by atoms with E-state index in [1.165, 1.54) is 0 Å². The molecule has 0 fully saturated rings. The number of aromatic nitrogens is 4. The predicted molar refractivity (Wildman–Crippen MR) is 91.6 cm³/mol. The van der Waals surface area contributed by atoms with Crippen LogP contribution in [0, 0.1) is 6.92 Å². The third-order valence-corrected chi connectivity index (χ3v) is 3.56. The lowest BCUT2D eigenvalue weighted by Crippen LogP contribution is -2.20. The number of nitrogens with one attached hydrogen (secondary N) is 1. The lowest BCUT2D eigenvalue weighted by molar-refractivity contribution is -0.118. The van der Waals surface area contributed by atoms with E-state index in [1.54, 1.807) is 30.3 Å². The minimum absolute atomic E-state index is 0.162. The number of aryl methyl sites for hydroxylation is 1. The van der Waals surface area contributed by atoms with Gasteiger partial charge in [0.25, 0.3) is 5.91 Å². The Labute approximate surface area is 143 Å². The van der Waals surface area contributed by atoms with Crippen LogP contribution in [0.2, 0.25) is 0 Å². The van der Waals surface area contributed by atoms with E-state index in [-0.39, 0.29) is 12.5 Å². The summed E-state index contributed by atoms with van der Waals surface area (Å²) in [7, 11) is 0. The van der Waals surface area contributed by atoms with E-state index in [0.717, 1.165) is 10.4 Å². The second-order valence-corrected chi connectivity index (χ2v) is 5.42. The van der Waals surface area contributed by atoms with E-state index in [2.05, 4.69) is 20.7 Å². The zero-order valence-corrected chi connectivity index (χ0v) is 13.5. The monoisotopic (exact) mass is 336 g/mol. The largest absolute Gasteiger partial charge is 0.368 e. The third kappa shape index (κ3) is 3.69. The Morgan fingerprint density at radius 1 is 1.12 bits per heavy atom. The fourth-order valence-electron chi connectivity index (χ4n) is 2.36. The minimum Gasteiger partial charge on any atom is -0.368 e. The fraction of sp³-hybridized carbons (Fsp3) is 0.118. The highest BCUT2D eigenvalue weighted by atomic mass is 16.2. The van der Waals surface area contributed by atoms with Crippen LogP contribution >= 0.6 is 0 Å². The number of anilines is 1. The lowest BCUT2D eigenvalue weighted by Gasteiger charge is -2.10. The number of hydrogen-bond donors (Lipinski definition) is 2. The van der Waals surface area contributed by atoms with Gasteiger partial charge in [-0.05, 0) is 35.9 Å². The van der Waals surface area contributed by atoms with Crippen molar-refractivity contribution in [3.8, 4) is 11.4 Å². The number of benzene rings is 2. The molecule has 0 saturated heterocycles. The van der Waals surface area contributed by atoms with E-state index in [4.69, 9.17) is 5.73 Å². The van der Waals surface area contributed by atoms with Gasteiger partial charge in [-0.1, -0.05) is 30.3 Å². The topological polar surface area (TPSA) is 116 Å². The van der Waals surface area contributed by atoms with Crippen LogP contribution < -0.4 is 11.1 Å². The van der Waals surface area contributed by atoms with Crippen molar-refractivity contribution in [2.45, 2.75) is 13.5 Å². The molecule has 0 aliphatic carbocycles. The Morgan fingerprint density at radius 2 is 1.84 bits per heavy atom. The summed E-state index contributed by atoms with van der Waals surface area (Å²) in [5, 5.41) is 14.7. The molecule has 3 rings (SSSR count). The zero-order valence-electron chi connectivity index (χ0n) is 13.5. The summed E-state index contributed by atoms with van der Waals surface area (Å²) in [5.74, 6) is -0.498. The van der Waals surface area contributed by atoms with E-state index in [1.807, 2.05) is 25.1 Å². The third-order valence-electron chi connectivity index (χ3n) is 3.56. The Morgan fingerprint density at radius 3 is 2.60 bits per heavy atom. The molecular formula is C17H16N6O2. The molecule has 3 aromatic rings. The average molecular weight is 336 g/mol. The maximum Gasteiger partial charge on any atom is 0.255 e. The highest BCUT2D eigenvalue weighted by Crippen LogP contribution is 2.25. The predicted octanol–water partition coefficient (Wildman–Crippen LogP) is 1.39. The molecule has 126 valence electrons. The van der Waals surface area contributed by atoms with Crippen LogP contribution in [0.4, 0.5) is 5.69 Å². The Hall–Kier alpha value is -3.55. The Balaban J connectivity index is 1.89. The van der Waals surface area contributed by atoms with Crippen molar-refractivity contribution in [2.24, 2.45) is 5.73 Å². The van der Waals surface area contributed by atoms with E-state index < -0.39 is 5.91 Å². The van der Waals surface area contributed by atoms with E-state index >= 15 is 0 Å². The normalized spacial score (nSPS) is 10.4. The van der Waals surface area contributed by atoms with Crippen LogP contribution in [0.1, 0.15) is 15.9 Å². The lowest BCUT2D eigenvalue weighted by atomic mass is 10.1. The number of carbonyl (C=O) groups is 2. The van der Waals surface area contributed by atoms with Crippen LogP contribution in [0.25, 0.3) is 11.4 Å². The second-order valence-electron chi connectivity index (χ2n) is 5.42. The number of carbonyl (C=O) groups excluding carboxylic acids is 2. The van der Waals surface area contributed by atoms with Gasteiger partial charge in [0.2, 0.25) is 11.7 Å². The number of amides is 2. The quantitative estimate of drug-likeness (QED) is 0.730. The summed E-state index contributed by atoms with van der Waals surface area (Å²) < 4.78 is 0. The first-order chi connectivity index (χ1) is 12.0. The van der Waals surface area contributed by atoms with Crippen molar-refractivity contribution >= 4 is 17.5 Å². The molecule has 1 heterocycles. The summed E-state index contributed by atoms with van der Waals surface area (Å²) in [6.07, 6.45) is 0. The highest BCUT2D eigenvalue weighted by molar-refractivity contribution is 6.06. The molecule has 0 aliphatic heterocycles. The number of para-hydroxylation sites is 1. The number of primary amides is 1. The van der Waals surface area contributed by atoms with Crippen LogP contribution in [0.5, 0.6) is 0 Å². The molecule has 2 amide bonds. The first kappa shape index (κ1) is 16.3. The smallest absolute Gasteiger partial charge is 0.255 e. The number of hydrogen-bond acceptors (Lipinski definition) is 5. The summed E-state index contributed by atoms with van der Waals surface area (Å²) in [4.78, 5) is 24.6. The van der Waals surface area contributed by atoms with Crippen LogP contribution in [0.15, 0.2) is 48.5 Å². The van der Waals surface area contributed by atoms with E-state index in [9.17, 15) is 9.59 Å². The van der Waals surface area contributed by atoms with Crippen molar-refractivity contribution in [2.75, 3.05) is 5.32 Å². The molecule has 0 spiro atoms. The molecule has 1 aromatic heterocycles. The molecule has 0 aliphatic rings. The molecule has 25 heavy (non-hydrogen) atoms. The summed E-state index contributed by atoms with van der Waals surface area (Å²) in [6, 6.07) is 14.4. The second kappa shape index (κ2) is 6.91. The zero-order chi connectivity index (χ0) is 17.8. The SMILES string of the molecule is Cc1ccccc1C(=O)Nc1ccccc1-c1nnn(CC(N)=O)n1. The molecular weight excluding hydrogens is 320 g/mol. The van der Waals surface area contributed by atoms with Crippen molar-refractivity contribution < 1.29 is 9.59 Å². The number of rotatable bonds is 5. The van der Waals surface area contributed by atoms with Gasteiger partial charge in [0.05, 0.1) is 5.69 Å². The van der Waals surface area contributed by atoms with Crippen molar-refractivity contribution in [1.29, 1.82) is 0 Å². The summed E-state index contributed by atoms with van der Waals surface area (Å²) in [5.41, 5.74) is 7.73. The van der Waals surface area contributed by atoms with Crippen LogP contribution in [-0.2, 0) is 11.3 Å². The van der Waals surface area contributed by atoms with Gasteiger partial charge in [0.1, 0.15) is 6.54 Å². The highest BCUT2D eigenvalue weighted by Gasteiger charge is 2.15. The minimum atomic E-state index is -0.565. The van der Waals surface area contributed by atoms with Gasteiger partial charge in [-0.3, -0.25) is 9.59 Å². The van der Waals surface area contributed by atoms with Gasteiger partial charge in [0, 0.05) is 11.1 Å². The maximum absolute atomic E-state index is 12.5. The van der Waals surface area contributed by atoms with Gasteiger partial charge >= 0.3 is 0 Å². The van der Waals surface area contributed by atoms with Crippen molar-refractivity contribution in [1.82, 2.24) is 20.2 Å². The van der Waals surface area contributed by atoms with Gasteiger partial charge in [-0.25, -0.2) is 0 Å². The first-order valence-corrected chi connectivity index (χ1v) is 7.57. The molecule has 2 aromatic carbocycles. The maximum atomic E-state index is 12.5. The first-order valence-electron chi connectivity index (χ1n) is 7.57. The summed E-state index contributed by atoms with van der Waals surface area (Å²) >= 11 is 0. The number of nitrogens with two attached hydrogens (primary N) is 1. The number of tetrazole rings is 1. The molecule has 8 heteroatoms. The van der Waals surface area contributed by atoms with Gasteiger partial charge < -0.3 is 11.1 Å². The summed E-state index contributed by atoms with van der Waals surface area (Å²) in [6.45, 7) is 1.71. The molecule has 0 radical (unpaired) electrons. The molecule has 0 atom stereocenters. The van der Waals surface area contributed by atoms with Gasteiger partial charge in [-0.15, -0.1) is 10.2 Å². The number of nitrogens with zero attached hydrogens (tertiary/aromatic N) is 4. The molecule has 8 nitrogen and oxygen atoms in total. The molecule has 0 saturated carbocycles. The Kier molecular flexibility index (Phi) is 4.51. The molecule has 0 unspecified atom stereocenters. The van der Waals surface area contributed by atoms with Gasteiger partial charge in [0.15, 0.2) is 0 Å². The van der Waals surface area contributed by atoms with Gasteiger partial charge in [-0.2, -0.15) is 4.80 Å². The fourth-order valence-corrected chi connectivity index (χ4v) is 2.36. The average Bonchev–Trinajstić information content (AvgIpc) is 3.03. The molecule has 0 bridgehead atoms. The van der Waals surface area contributed by atoms with Crippen LogP contribution in [0.3, 0.4) is 0 Å².